The summed E-state index contributed by atoms with van der Waals surface area (Å²) in [5.74, 6) is 0.0369. The van der Waals surface area contributed by atoms with Crippen LogP contribution in [-0.4, -0.2) is 10.5 Å². The van der Waals surface area contributed by atoms with Crippen molar-refractivity contribution < 1.29 is 4.79 Å². The van der Waals surface area contributed by atoms with Crippen LogP contribution in [0, 0.1) is 0 Å². The molecule has 2 heterocycles. The van der Waals surface area contributed by atoms with Gasteiger partial charge < -0.3 is 4.57 Å². The molecule has 3 nitrogen and oxygen atoms in total. The minimum absolute atomic E-state index is 0.0369. The highest BCUT2D eigenvalue weighted by molar-refractivity contribution is 9.10. The first-order valence-electron chi connectivity index (χ1n) is 7.49. The molecule has 0 unspecified atom stereocenters. The highest BCUT2D eigenvalue weighted by Gasteiger charge is 2.34. The summed E-state index contributed by atoms with van der Waals surface area (Å²) >= 11 is 3.54. The van der Waals surface area contributed by atoms with Crippen LogP contribution < -0.4 is 4.90 Å². The van der Waals surface area contributed by atoms with Gasteiger partial charge in [0.15, 0.2) is 0 Å². The van der Waals surface area contributed by atoms with E-state index in [1.807, 2.05) is 47.4 Å². The monoisotopic (exact) mass is 366 g/mol. The molecule has 0 N–H and O–H groups in total. The fraction of sp³-hybridized carbons (Fsp3) is 0.105. The molecule has 1 aliphatic heterocycles. The van der Waals surface area contributed by atoms with Crippen LogP contribution in [0.2, 0.25) is 0 Å². The minimum atomic E-state index is -0.130. The lowest BCUT2D eigenvalue weighted by atomic mass is 9.98. The van der Waals surface area contributed by atoms with Gasteiger partial charge in [-0.2, -0.15) is 0 Å². The van der Waals surface area contributed by atoms with Gasteiger partial charge in [0.1, 0.15) is 6.04 Å². The second-order valence-corrected chi connectivity index (χ2v) is 6.55. The summed E-state index contributed by atoms with van der Waals surface area (Å²) in [6.45, 7) is 1.63. The van der Waals surface area contributed by atoms with Crippen molar-refractivity contribution >= 4 is 27.5 Å². The molecule has 1 amide bonds. The number of fused-ring (bicyclic) bond motifs is 3. The van der Waals surface area contributed by atoms with Crippen LogP contribution >= 0.6 is 15.9 Å². The zero-order valence-electron chi connectivity index (χ0n) is 12.6. The smallest absolute Gasteiger partial charge is 0.224 e. The van der Waals surface area contributed by atoms with Crippen LogP contribution in [0.4, 0.5) is 5.69 Å². The van der Waals surface area contributed by atoms with E-state index in [4.69, 9.17) is 0 Å². The maximum absolute atomic E-state index is 12.5. The van der Waals surface area contributed by atoms with Crippen molar-refractivity contribution in [2.75, 3.05) is 4.90 Å². The standard InChI is InChI=1S/C19H15BrN2O/c1-13(23)22-17-9-3-2-8-16(17)21-11-5-10-18(21)19(22)14-6-4-7-15(20)12-14/h2-12,19H,1H3/t19-/m0/s1. The molecule has 0 bridgehead atoms. The Morgan fingerprint density at radius 1 is 1.00 bits per heavy atom. The van der Waals surface area contributed by atoms with Crippen LogP contribution in [0.15, 0.2) is 71.3 Å². The van der Waals surface area contributed by atoms with Crippen molar-refractivity contribution in [2.24, 2.45) is 0 Å². The number of amides is 1. The third-order valence-electron chi connectivity index (χ3n) is 4.22. The van der Waals surface area contributed by atoms with Gasteiger partial charge in [0.25, 0.3) is 0 Å². The number of rotatable bonds is 1. The predicted molar refractivity (Wildman–Crippen MR) is 94.9 cm³/mol. The number of aromatic nitrogens is 1. The highest BCUT2D eigenvalue weighted by Crippen LogP contribution is 2.42. The van der Waals surface area contributed by atoms with E-state index in [0.717, 1.165) is 27.1 Å². The van der Waals surface area contributed by atoms with Crippen LogP contribution in [0.5, 0.6) is 0 Å². The molecule has 0 fully saturated rings. The zero-order valence-corrected chi connectivity index (χ0v) is 14.2. The van der Waals surface area contributed by atoms with E-state index in [-0.39, 0.29) is 11.9 Å². The second kappa shape index (κ2) is 5.39. The molecule has 0 aliphatic carbocycles. The first-order chi connectivity index (χ1) is 11.2. The molecule has 1 atom stereocenters. The van der Waals surface area contributed by atoms with Gasteiger partial charge in [0.2, 0.25) is 5.91 Å². The van der Waals surface area contributed by atoms with E-state index in [2.05, 4.69) is 44.9 Å². The third kappa shape index (κ3) is 2.21. The molecule has 0 radical (unpaired) electrons. The molecule has 4 heteroatoms. The van der Waals surface area contributed by atoms with E-state index >= 15 is 0 Å². The van der Waals surface area contributed by atoms with E-state index in [1.54, 1.807) is 6.92 Å². The van der Waals surface area contributed by atoms with Crippen molar-refractivity contribution in [1.29, 1.82) is 0 Å². The predicted octanol–water partition coefficient (Wildman–Crippen LogP) is 4.70. The molecule has 0 spiro atoms. The Bertz CT molecular complexity index is 900. The zero-order chi connectivity index (χ0) is 16.0. The Balaban J connectivity index is 2.00. The summed E-state index contributed by atoms with van der Waals surface area (Å²) in [4.78, 5) is 14.3. The van der Waals surface area contributed by atoms with E-state index in [0.29, 0.717) is 0 Å². The molecule has 1 aliphatic rings. The Kier molecular flexibility index (Phi) is 3.34. The molecule has 3 aromatic rings. The van der Waals surface area contributed by atoms with Crippen molar-refractivity contribution in [3.05, 3.63) is 82.6 Å². The number of hydrogen-bond acceptors (Lipinski definition) is 1. The minimum Gasteiger partial charge on any atom is -0.316 e. The normalized spacial score (nSPS) is 15.9. The number of halogens is 1. The average Bonchev–Trinajstić information content (AvgIpc) is 3.02. The quantitative estimate of drug-likeness (QED) is 0.612. The third-order valence-corrected chi connectivity index (χ3v) is 4.72. The van der Waals surface area contributed by atoms with Crippen molar-refractivity contribution in [1.82, 2.24) is 4.57 Å². The Hall–Kier alpha value is -2.33. The molecule has 114 valence electrons. The van der Waals surface area contributed by atoms with Gasteiger partial charge in [-0.1, -0.05) is 40.2 Å². The fourth-order valence-corrected chi connectivity index (χ4v) is 3.74. The lowest BCUT2D eigenvalue weighted by molar-refractivity contribution is -0.117. The van der Waals surface area contributed by atoms with Gasteiger partial charge in [0, 0.05) is 17.6 Å². The molecule has 4 rings (SSSR count). The largest absolute Gasteiger partial charge is 0.316 e. The van der Waals surface area contributed by atoms with Crippen LogP contribution in [0.1, 0.15) is 24.2 Å². The number of para-hydroxylation sites is 2. The van der Waals surface area contributed by atoms with Crippen LogP contribution in [-0.2, 0) is 4.79 Å². The van der Waals surface area contributed by atoms with E-state index in [9.17, 15) is 4.79 Å². The second-order valence-electron chi connectivity index (χ2n) is 5.64. The summed E-state index contributed by atoms with van der Waals surface area (Å²) in [6, 6.07) is 20.1. The van der Waals surface area contributed by atoms with Gasteiger partial charge in [-0.15, -0.1) is 0 Å². The summed E-state index contributed by atoms with van der Waals surface area (Å²) < 4.78 is 3.18. The van der Waals surface area contributed by atoms with Gasteiger partial charge in [-0.25, -0.2) is 0 Å². The Labute approximate surface area is 143 Å². The van der Waals surface area contributed by atoms with Crippen LogP contribution in [0.25, 0.3) is 5.69 Å². The summed E-state index contributed by atoms with van der Waals surface area (Å²) in [5.41, 5.74) is 4.16. The Morgan fingerprint density at radius 3 is 2.52 bits per heavy atom. The first-order valence-corrected chi connectivity index (χ1v) is 8.28. The molecule has 1 aromatic heterocycles. The van der Waals surface area contributed by atoms with Gasteiger partial charge in [0.05, 0.1) is 17.1 Å². The molecular formula is C19H15BrN2O. The summed E-state index contributed by atoms with van der Waals surface area (Å²) in [5, 5.41) is 0. The lowest BCUT2D eigenvalue weighted by Gasteiger charge is -2.38. The number of anilines is 1. The van der Waals surface area contributed by atoms with Crippen molar-refractivity contribution in [2.45, 2.75) is 13.0 Å². The van der Waals surface area contributed by atoms with Gasteiger partial charge >= 0.3 is 0 Å². The molecule has 2 aromatic carbocycles. The van der Waals surface area contributed by atoms with Gasteiger partial charge in [-0.05, 0) is 42.0 Å². The number of benzene rings is 2. The average molecular weight is 367 g/mol. The number of carbonyl (C=O) groups excluding carboxylic acids is 1. The maximum atomic E-state index is 12.5. The molecular weight excluding hydrogens is 352 g/mol. The van der Waals surface area contributed by atoms with E-state index < -0.39 is 0 Å². The SMILES string of the molecule is CC(=O)N1c2ccccc2-n2cccc2[C@@H]1c1cccc(Br)c1. The van der Waals surface area contributed by atoms with Gasteiger partial charge in [-0.3, -0.25) is 9.69 Å². The Morgan fingerprint density at radius 2 is 1.78 bits per heavy atom. The topological polar surface area (TPSA) is 25.2 Å². The van der Waals surface area contributed by atoms with Crippen molar-refractivity contribution in [3.63, 3.8) is 0 Å². The summed E-state index contributed by atoms with van der Waals surface area (Å²) in [7, 11) is 0. The fourth-order valence-electron chi connectivity index (χ4n) is 3.33. The van der Waals surface area contributed by atoms with Crippen LogP contribution in [0.3, 0.4) is 0 Å². The first kappa shape index (κ1) is 14.3. The number of nitrogens with zero attached hydrogens (tertiary/aromatic N) is 2. The molecule has 0 saturated heterocycles. The maximum Gasteiger partial charge on any atom is 0.224 e. The number of hydrogen-bond donors (Lipinski definition) is 0. The van der Waals surface area contributed by atoms with Crippen molar-refractivity contribution in [3.8, 4) is 5.69 Å². The molecule has 0 saturated carbocycles. The lowest BCUT2D eigenvalue weighted by Crippen LogP contribution is -2.38. The summed E-state index contributed by atoms with van der Waals surface area (Å²) in [6.07, 6.45) is 2.05. The number of carbonyl (C=O) groups is 1. The van der Waals surface area contributed by atoms with E-state index in [1.165, 1.54) is 0 Å². The highest BCUT2D eigenvalue weighted by atomic mass is 79.9. The molecule has 23 heavy (non-hydrogen) atoms.